The number of nitrogens with two attached hydrogens (primary N) is 1. The maximum atomic E-state index is 5.72. The summed E-state index contributed by atoms with van der Waals surface area (Å²) < 4.78 is 3.78. The van der Waals surface area contributed by atoms with Crippen molar-refractivity contribution in [2.75, 3.05) is 49.1 Å². The van der Waals surface area contributed by atoms with E-state index in [-0.39, 0.29) is 0 Å². The Hall–Kier alpha value is -2.59. The third-order valence-corrected chi connectivity index (χ3v) is 6.19. The van der Waals surface area contributed by atoms with E-state index >= 15 is 0 Å². The molecule has 1 aliphatic heterocycles. The summed E-state index contributed by atoms with van der Waals surface area (Å²) in [7, 11) is 1.90. The Morgan fingerprint density at radius 2 is 1.83 bits per heavy atom. The monoisotopic (exact) mass is 413 g/mol. The van der Waals surface area contributed by atoms with Crippen LogP contribution in [0.25, 0.3) is 5.95 Å². The molecule has 4 heterocycles. The molecule has 0 atom stereocenters. The van der Waals surface area contributed by atoms with Gasteiger partial charge in [-0.1, -0.05) is 11.8 Å². The van der Waals surface area contributed by atoms with Gasteiger partial charge in [-0.3, -0.25) is 14.0 Å². The zero-order chi connectivity index (χ0) is 20.2. The number of aryl methyl sites for hydroxylation is 1. The number of piperazine rings is 1. The third kappa shape index (κ3) is 4.70. The Morgan fingerprint density at radius 1 is 1.07 bits per heavy atom. The van der Waals surface area contributed by atoms with Crippen LogP contribution in [0.4, 0.5) is 11.8 Å². The SMILES string of the molecule is Cc1cc(N2CCN(CCCSc3nnc(N)n3C)CC2)nc(-n2cccc2)n1. The normalized spacial score (nSPS) is 15.2. The highest BCUT2D eigenvalue weighted by atomic mass is 32.2. The lowest BCUT2D eigenvalue weighted by atomic mass is 10.3. The van der Waals surface area contributed by atoms with Gasteiger partial charge < -0.3 is 10.6 Å². The van der Waals surface area contributed by atoms with Crippen LogP contribution in [0.3, 0.4) is 0 Å². The summed E-state index contributed by atoms with van der Waals surface area (Å²) in [6, 6.07) is 6.05. The molecule has 0 radical (unpaired) electrons. The molecule has 1 saturated heterocycles. The molecule has 1 fully saturated rings. The van der Waals surface area contributed by atoms with Gasteiger partial charge in [-0.15, -0.1) is 10.2 Å². The third-order valence-electron chi connectivity index (χ3n) is 5.08. The molecule has 0 bridgehead atoms. The molecule has 2 N–H and O–H groups in total. The van der Waals surface area contributed by atoms with Crippen LogP contribution in [0.1, 0.15) is 12.1 Å². The molecule has 4 rings (SSSR count). The number of hydrogen-bond acceptors (Lipinski definition) is 8. The summed E-state index contributed by atoms with van der Waals surface area (Å²) in [4.78, 5) is 14.2. The molecule has 3 aromatic heterocycles. The Bertz CT molecular complexity index is 929. The highest BCUT2D eigenvalue weighted by molar-refractivity contribution is 7.99. The quantitative estimate of drug-likeness (QED) is 0.461. The molecular weight excluding hydrogens is 386 g/mol. The van der Waals surface area contributed by atoms with Crippen molar-refractivity contribution in [1.29, 1.82) is 0 Å². The summed E-state index contributed by atoms with van der Waals surface area (Å²) in [5.74, 6) is 3.21. The molecule has 0 spiro atoms. The van der Waals surface area contributed by atoms with Crippen molar-refractivity contribution in [2.24, 2.45) is 7.05 Å². The molecule has 3 aromatic rings. The van der Waals surface area contributed by atoms with Gasteiger partial charge in [-0.2, -0.15) is 4.98 Å². The second-order valence-electron chi connectivity index (χ2n) is 7.19. The zero-order valence-corrected chi connectivity index (χ0v) is 17.7. The second kappa shape index (κ2) is 8.83. The fraction of sp³-hybridized carbons (Fsp3) is 0.474. The smallest absolute Gasteiger partial charge is 0.235 e. The lowest BCUT2D eigenvalue weighted by Crippen LogP contribution is -2.47. The van der Waals surface area contributed by atoms with Crippen molar-refractivity contribution in [1.82, 2.24) is 34.2 Å². The van der Waals surface area contributed by atoms with Crippen molar-refractivity contribution in [3.05, 3.63) is 36.3 Å². The van der Waals surface area contributed by atoms with Crippen LogP contribution in [0.15, 0.2) is 35.7 Å². The largest absolute Gasteiger partial charge is 0.368 e. The summed E-state index contributed by atoms with van der Waals surface area (Å²) >= 11 is 1.71. The van der Waals surface area contributed by atoms with Gasteiger partial charge in [0.1, 0.15) is 5.82 Å². The lowest BCUT2D eigenvalue weighted by Gasteiger charge is -2.35. The molecule has 0 unspecified atom stereocenters. The van der Waals surface area contributed by atoms with Gasteiger partial charge in [-0.05, 0) is 32.0 Å². The maximum Gasteiger partial charge on any atom is 0.235 e. The molecule has 9 nitrogen and oxygen atoms in total. The van der Waals surface area contributed by atoms with Crippen LogP contribution in [-0.2, 0) is 7.05 Å². The summed E-state index contributed by atoms with van der Waals surface area (Å²) in [6.45, 7) is 7.17. The molecule has 10 heteroatoms. The maximum absolute atomic E-state index is 5.72. The molecule has 154 valence electrons. The Balaban J connectivity index is 1.26. The zero-order valence-electron chi connectivity index (χ0n) is 16.9. The van der Waals surface area contributed by atoms with E-state index in [0.717, 1.165) is 67.5 Å². The van der Waals surface area contributed by atoms with Crippen molar-refractivity contribution >= 4 is 23.5 Å². The predicted molar refractivity (Wildman–Crippen MR) is 116 cm³/mol. The number of thioether (sulfide) groups is 1. The van der Waals surface area contributed by atoms with E-state index in [2.05, 4.69) is 31.0 Å². The van der Waals surface area contributed by atoms with Gasteiger partial charge in [0.05, 0.1) is 0 Å². The van der Waals surface area contributed by atoms with E-state index in [9.17, 15) is 0 Å². The number of nitrogens with zero attached hydrogens (tertiary/aromatic N) is 8. The van der Waals surface area contributed by atoms with Crippen molar-refractivity contribution < 1.29 is 0 Å². The minimum absolute atomic E-state index is 0.462. The van der Waals surface area contributed by atoms with E-state index in [4.69, 9.17) is 10.7 Å². The first-order chi connectivity index (χ1) is 14.1. The Labute approximate surface area is 174 Å². The minimum atomic E-state index is 0.462. The molecule has 0 aromatic carbocycles. The fourth-order valence-corrected chi connectivity index (χ4v) is 4.23. The first kappa shape index (κ1) is 19.7. The predicted octanol–water partition coefficient (Wildman–Crippen LogP) is 1.59. The van der Waals surface area contributed by atoms with Crippen LogP contribution in [-0.4, -0.2) is 72.7 Å². The van der Waals surface area contributed by atoms with Gasteiger partial charge in [0.15, 0.2) is 5.16 Å². The topological polar surface area (TPSA) is 93.9 Å². The summed E-state index contributed by atoms with van der Waals surface area (Å²) in [6.07, 6.45) is 5.07. The minimum Gasteiger partial charge on any atom is -0.368 e. The van der Waals surface area contributed by atoms with Gasteiger partial charge in [0.25, 0.3) is 0 Å². The summed E-state index contributed by atoms with van der Waals surface area (Å²) in [5, 5.41) is 8.86. The second-order valence-corrected chi connectivity index (χ2v) is 8.25. The molecule has 0 saturated carbocycles. The number of aromatic nitrogens is 6. The average molecular weight is 414 g/mol. The van der Waals surface area contributed by atoms with Gasteiger partial charge >= 0.3 is 0 Å². The Morgan fingerprint density at radius 3 is 2.52 bits per heavy atom. The lowest BCUT2D eigenvalue weighted by molar-refractivity contribution is 0.258. The van der Waals surface area contributed by atoms with Crippen LogP contribution in [0.2, 0.25) is 0 Å². The molecule has 29 heavy (non-hydrogen) atoms. The fourth-order valence-electron chi connectivity index (χ4n) is 3.39. The number of rotatable bonds is 7. The number of hydrogen-bond donors (Lipinski definition) is 1. The van der Waals surface area contributed by atoms with Gasteiger partial charge in [0, 0.05) is 63.1 Å². The van der Waals surface area contributed by atoms with Crippen LogP contribution >= 0.6 is 11.8 Å². The molecular formula is C19H27N9S. The first-order valence-corrected chi connectivity index (χ1v) is 10.8. The van der Waals surface area contributed by atoms with Crippen molar-refractivity contribution in [3.8, 4) is 5.95 Å². The first-order valence-electron chi connectivity index (χ1n) is 9.84. The van der Waals surface area contributed by atoms with E-state index in [0.29, 0.717) is 5.95 Å². The van der Waals surface area contributed by atoms with E-state index in [1.165, 1.54) is 0 Å². The average Bonchev–Trinajstić information content (AvgIpc) is 3.37. The number of nitrogen functional groups attached to an aromatic ring is 1. The van der Waals surface area contributed by atoms with Gasteiger partial charge in [-0.25, -0.2) is 4.98 Å². The van der Waals surface area contributed by atoms with E-state index in [1.807, 2.05) is 47.6 Å². The highest BCUT2D eigenvalue weighted by Gasteiger charge is 2.19. The molecule has 1 aliphatic rings. The summed E-state index contributed by atoms with van der Waals surface area (Å²) in [5.41, 5.74) is 6.71. The van der Waals surface area contributed by atoms with Crippen molar-refractivity contribution in [2.45, 2.75) is 18.5 Å². The standard InChI is InChI=1S/C19H27N9S/c1-15-14-16(22-18(21-15)28-7-3-4-8-28)27-11-9-26(10-12-27)6-5-13-29-19-24-23-17(20)25(19)2/h3-4,7-8,14H,5-6,9-13H2,1-2H3,(H2,20,23). The van der Waals surface area contributed by atoms with Crippen LogP contribution < -0.4 is 10.6 Å². The highest BCUT2D eigenvalue weighted by Crippen LogP contribution is 2.19. The molecule has 0 amide bonds. The van der Waals surface area contributed by atoms with Gasteiger partial charge in [0.2, 0.25) is 11.9 Å². The van der Waals surface area contributed by atoms with Crippen LogP contribution in [0.5, 0.6) is 0 Å². The molecule has 0 aliphatic carbocycles. The number of anilines is 2. The van der Waals surface area contributed by atoms with E-state index < -0.39 is 0 Å². The van der Waals surface area contributed by atoms with Crippen molar-refractivity contribution in [3.63, 3.8) is 0 Å². The van der Waals surface area contributed by atoms with E-state index in [1.54, 1.807) is 11.8 Å². The Kier molecular flexibility index (Phi) is 6.00. The van der Waals surface area contributed by atoms with Crippen LogP contribution in [0, 0.1) is 6.92 Å².